The molecule has 0 fully saturated rings. The second kappa shape index (κ2) is 5.98. The highest BCUT2D eigenvalue weighted by Crippen LogP contribution is 2.31. The lowest BCUT2D eigenvalue weighted by atomic mass is 10.4. The van der Waals surface area contributed by atoms with Crippen molar-refractivity contribution in [3.8, 4) is 0 Å². The van der Waals surface area contributed by atoms with Crippen molar-refractivity contribution in [3.63, 3.8) is 0 Å². The van der Waals surface area contributed by atoms with Crippen molar-refractivity contribution >= 4 is 38.9 Å². The van der Waals surface area contributed by atoms with E-state index in [2.05, 4.69) is 21.2 Å². The van der Waals surface area contributed by atoms with Crippen molar-refractivity contribution in [2.45, 2.75) is 13.0 Å². The van der Waals surface area contributed by atoms with Crippen LogP contribution in [0.3, 0.4) is 0 Å². The van der Waals surface area contributed by atoms with E-state index in [0.29, 0.717) is 0 Å². The second-order valence-electron chi connectivity index (χ2n) is 2.65. The van der Waals surface area contributed by atoms with Crippen LogP contribution in [-0.2, 0) is 6.54 Å². The quantitative estimate of drug-likeness (QED) is 0.815. The molecule has 5 heteroatoms. The molecule has 0 saturated heterocycles. The van der Waals surface area contributed by atoms with E-state index in [-0.39, 0.29) is 0 Å². The molecule has 1 aromatic heterocycles. The topological polar surface area (TPSA) is 38.0 Å². The fourth-order valence-electron chi connectivity index (χ4n) is 0.917. The van der Waals surface area contributed by atoms with E-state index in [4.69, 9.17) is 17.3 Å². The number of thiophene rings is 1. The number of nitrogens with one attached hydrogen (secondary N) is 1. The molecular weight excluding hydrogens is 272 g/mol. The summed E-state index contributed by atoms with van der Waals surface area (Å²) in [5.74, 6) is 0. The molecule has 0 aliphatic rings. The summed E-state index contributed by atoms with van der Waals surface area (Å²) < 4.78 is 1.80. The standard InChI is InChI=1S/C8H12BrClN2S/c9-7-4-6(13-8(7)10)5-12-3-1-2-11/h4,12H,1-3,5,11H2. The number of halogens is 2. The Morgan fingerprint density at radius 2 is 2.38 bits per heavy atom. The Labute approximate surface area is 95.6 Å². The Morgan fingerprint density at radius 1 is 1.62 bits per heavy atom. The summed E-state index contributed by atoms with van der Waals surface area (Å²) in [4.78, 5) is 1.24. The average molecular weight is 284 g/mol. The number of rotatable bonds is 5. The van der Waals surface area contributed by atoms with E-state index in [9.17, 15) is 0 Å². The van der Waals surface area contributed by atoms with Gasteiger partial charge in [0.15, 0.2) is 0 Å². The fourth-order valence-corrected chi connectivity index (χ4v) is 2.68. The third-order valence-electron chi connectivity index (χ3n) is 1.55. The van der Waals surface area contributed by atoms with Gasteiger partial charge in [-0.2, -0.15) is 0 Å². The first-order chi connectivity index (χ1) is 6.24. The van der Waals surface area contributed by atoms with Gasteiger partial charge in [0.25, 0.3) is 0 Å². The Balaban J connectivity index is 2.29. The minimum atomic E-state index is 0.738. The molecule has 0 unspecified atom stereocenters. The summed E-state index contributed by atoms with van der Waals surface area (Å²) in [6, 6.07) is 2.04. The molecule has 74 valence electrons. The van der Waals surface area contributed by atoms with Crippen LogP contribution in [0.2, 0.25) is 4.34 Å². The largest absolute Gasteiger partial charge is 0.330 e. The first-order valence-electron chi connectivity index (χ1n) is 4.08. The zero-order valence-corrected chi connectivity index (χ0v) is 10.3. The van der Waals surface area contributed by atoms with E-state index >= 15 is 0 Å². The van der Waals surface area contributed by atoms with Gasteiger partial charge in [0.2, 0.25) is 0 Å². The Hall–Kier alpha value is 0.390. The zero-order valence-electron chi connectivity index (χ0n) is 7.15. The molecule has 0 saturated carbocycles. The van der Waals surface area contributed by atoms with Crippen molar-refractivity contribution in [3.05, 3.63) is 19.8 Å². The van der Waals surface area contributed by atoms with E-state index < -0.39 is 0 Å². The summed E-state index contributed by atoms with van der Waals surface area (Å²) in [7, 11) is 0. The lowest BCUT2D eigenvalue weighted by Gasteiger charge is -1.99. The molecule has 0 spiro atoms. The van der Waals surface area contributed by atoms with E-state index in [0.717, 1.165) is 34.9 Å². The lowest BCUT2D eigenvalue weighted by Crippen LogP contribution is -2.16. The van der Waals surface area contributed by atoms with Crippen molar-refractivity contribution < 1.29 is 0 Å². The predicted octanol–water partition coefficient (Wildman–Crippen LogP) is 2.60. The molecule has 1 heterocycles. The van der Waals surface area contributed by atoms with Crippen LogP contribution in [-0.4, -0.2) is 13.1 Å². The summed E-state index contributed by atoms with van der Waals surface area (Å²) in [6.07, 6.45) is 1.01. The Bertz CT molecular complexity index is 245. The maximum Gasteiger partial charge on any atom is 0.107 e. The molecule has 0 amide bonds. The molecule has 0 bridgehead atoms. The SMILES string of the molecule is NCCCNCc1cc(Br)c(Cl)s1. The molecule has 0 aliphatic heterocycles. The predicted molar refractivity (Wildman–Crippen MR) is 62.4 cm³/mol. The van der Waals surface area contributed by atoms with Gasteiger partial charge in [-0.15, -0.1) is 11.3 Å². The second-order valence-corrected chi connectivity index (χ2v) is 5.25. The first kappa shape index (κ1) is 11.5. The van der Waals surface area contributed by atoms with Gasteiger partial charge in [0.05, 0.1) is 0 Å². The average Bonchev–Trinajstić information content (AvgIpc) is 2.41. The third-order valence-corrected chi connectivity index (χ3v) is 4.03. The van der Waals surface area contributed by atoms with E-state index in [1.807, 2.05) is 6.07 Å². The minimum Gasteiger partial charge on any atom is -0.330 e. The van der Waals surface area contributed by atoms with Crippen LogP contribution in [0.4, 0.5) is 0 Å². The van der Waals surface area contributed by atoms with Crippen LogP contribution < -0.4 is 11.1 Å². The van der Waals surface area contributed by atoms with Gasteiger partial charge >= 0.3 is 0 Å². The van der Waals surface area contributed by atoms with E-state index in [1.165, 1.54) is 4.88 Å². The van der Waals surface area contributed by atoms with Crippen molar-refractivity contribution in [2.24, 2.45) is 5.73 Å². The van der Waals surface area contributed by atoms with Crippen LogP contribution in [0.15, 0.2) is 10.5 Å². The zero-order chi connectivity index (χ0) is 9.68. The summed E-state index contributed by atoms with van der Waals surface area (Å²) >= 11 is 10.9. The van der Waals surface area contributed by atoms with Gasteiger partial charge in [-0.3, -0.25) is 0 Å². The first-order valence-corrected chi connectivity index (χ1v) is 6.07. The summed E-state index contributed by atoms with van der Waals surface area (Å²) in [5, 5.41) is 3.29. The number of hydrogen-bond acceptors (Lipinski definition) is 3. The molecule has 13 heavy (non-hydrogen) atoms. The minimum absolute atomic E-state index is 0.738. The van der Waals surface area contributed by atoms with E-state index in [1.54, 1.807) is 11.3 Å². The van der Waals surface area contributed by atoms with Crippen LogP contribution in [0, 0.1) is 0 Å². The molecule has 0 aromatic carbocycles. The molecule has 0 atom stereocenters. The fraction of sp³-hybridized carbons (Fsp3) is 0.500. The van der Waals surface area contributed by atoms with Crippen LogP contribution in [0.25, 0.3) is 0 Å². The molecule has 3 N–H and O–H groups in total. The van der Waals surface area contributed by atoms with Gasteiger partial charge in [-0.1, -0.05) is 11.6 Å². The molecular formula is C8H12BrClN2S. The van der Waals surface area contributed by atoms with Gasteiger partial charge < -0.3 is 11.1 Å². The number of nitrogens with two attached hydrogens (primary N) is 1. The van der Waals surface area contributed by atoms with Crippen LogP contribution >= 0.6 is 38.9 Å². The van der Waals surface area contributed by atoms with Gasteiger partial charge in [-0.05, 0) is 41.5 Å². The Kier molecular flexibility index (Phi) is 5.28. The maximum absolute atomic E-state index is 5.89. The lowest BCUT2D eigenvalue weighted by molar-refractivity contribution is 0.660. The summed E-state index contributed by atoms with van der Waals surface area (Å²) in [6.45, 7) is 2.57. The molecule has 0 radical (unpaired) electrons. The normalized spacial score (nSPS) is 10.7. The highest BCUT2D eigenvalue weighted by molar-refractivity contribution is 9.10. The van der Waals surface area contributed by atoms with Gasteiger partial charge in [0.1, 0.15) is 4.34 Å². The van der Waals surface area contributed by atoms with Crippen LogP contribution in [0.5, 0.6) is 0 Å². The summed E-state index contributed by atoms with van der Waals surface area (Å²) in [5.41, 5.74) is 5.37. The molecule has 1 rings (SSSR count). The monoisotopic (exact) mass is 282 g/mol. The molecule has 2 nitrogen and oxygen atoms in total. The maximum atomic E-state index is 5.89. The van der Waals surface area contributed by atoms with Crippen molar-refractivity contribution in [2.75, 3.05) is 13.1 Å². The van der Waals surface area contributed by atoms with Crippen LogP contribution in [0.1, 0.15) is 11.3 Å². The van der Waals surface area contributed by atoms with Crippen molar-refractivity contribution in [1.82, 2.24) is 5.32 Å². The highest BCUT2D eigenvalue weighted by atomic mass is 79.9. The highest BCUT2D eigenvalue weighted by Gasteiger charge is 2.03. The Morgan fingerprint density at radius 3 is 2.92 bits per heavy atom. The smallest absolute Gasteiger partial charge is 0.107 e. The van der Waals surface area contributed by atoms with Gasteiger partial charge in [0, 0.05) is 15.9 Å². The molecule has 0 aliphatic carbocycles. The molecule has 1 aromatic rings. The number of hydrogen-bond donors (Lipinski definition) is 2. The third kappa shape index (κ3) is 3.95. The van der Waals surface area contributed by atoms with Gasteiger partial charge in [-0.25, -0.2) is 0 Å². The van der Waals surface area contributed by atoms with Crippen molar-refractivity contribution in [1.29, 1.82) is 0 Å².